The second kappa shape index (κ2) is 11.0. The Balaban J connectivity index is 0.00000132. The molecule has 5 nitrogen and oxygen atoms in total. The molecule has 1 amide bonds. The maximum absolute atomic E-state index is 12.4. The molecule has 0 aliphatic carbocycles. The molecule has 0 bridgehead atoms. The summed E-state index contributed by atoms with van der Waals surface area (Å²) >= 11 is 1.96. The van der Waals surface area contributed by atoms with Crippen molar-refractivity contribution in [3.05, 3.63) is 0 Å². The highest BCUT2D eigenvalue weighted by Gasteiger charge is 2.26. The molecule has 0 aromatic rings. The van der Waals surface area contributed by atoms with E-state index >= 15 is 0 Å². The SMILES string of the molecule is Cl.Cl.O=C(CC1CSCCN1)N1CCN(CC2CCOC2)CC1. The molecule has 3 heterocycles. The Hall–Kier alpha value is 0.280. The van der Waals surface area contributed by atoms with E-state index in [1.807, 2.05) is 11.8 Å². The molecule has 1 N–H and O–H groups in total. The number of thioether (sulfide) groups is 1. The summed E-state index contributed by atoms with van der Waals surface area (Å²) in [5, 5.41) is 3.45. The standard InChI is InChI=1S/C15H27N3O2S.2ClH/c19-15(9-14-12-21-8-2-16-14)18-5-3-17(4-6-18)10-13-1-7-20-11-13;;/h13-14,16H,1-12H2;2*1H. The van der Waals surface area contributed by atoms with Crippen molar-refractivity contribution in [2.75, 3.05) is 64.0 Å². The van der Waals surface area contributed by atoms with Crippen LogP contribution in [0.2, 0.25) is 0 Å². The smallest absolute Gasteiger partial charge is 0.224 e. The Labute approximate surface area is 156 Å². The lowest BCUT2D eigenvalue weighted by Crippen LogP contribution is -2.51. The van der Waals surface area contributed by atoms with Crippen LogP contribution in [0.4, 0.5) is 0 Å². The van der Waals surface area contributed by atoms with Gasteiger partial charge >= 0.3 is 0 Å². The van der Waals surface area contributed by atoms with Crippen molar-refractivity contribution in [3.8, 4) is 0 Å². The van der Waals surface area contributed by atoms with Gasteiger partial charge in [0, 0.05) is 69.8 Å². The highest BCUT2D eigenvalue weighted by molar-refractivity contribution is 7.99. The number of ether oxygens (including phenoxy) is 1. The number of carbonyl (C=O) groups excluding carboxylic acids is 1. The summed E-state index contributed by atoms with van der Waals surface area (Å²) in [6.07, 6.45) is 1.87. The highest BCUT2D eigenvalue weighted by atomic mass is 35.5. The largest absolute Gasteiger partial charge is 0.381 e. The minimum Gasteiger partial charge on any atom is -0.381 e. The minimum atomic E-state index is 0. The van der Waals surface area contributed by atoms with Crippen LogP contribution in [-0.4, -0.2) is 85.7 Å². The van der Waals surface area contributed by atoms with Crippen molar-refractivity contribution in [2.45, 2.75) is 18.9 Å². The van der Waals surface area contributed by atoms with Crippen molar-refractivity contribution in [1.82, 2.24) is 15.1 Å². The number of nitrogens with zero attached hydrogens (tertiary/aromatic N) is 2. The van der Waals surface area contributed by atoms with Crippen LogP contribution >= 0.6 is 36.6 Å². The lowest BCUT2D eigenvalue weighted by Gasteiger charge is -2.36. The van der Waals surface area contributed by atoms with E-state index in [9.17, 15) is 4.79 Å². The highest BCUT2D eigenvalue weighted by Crippen LogP contribution is 2.16. The van der Waals surface area contributed by atoms with Crippen LogP contribution < -0.4 is 5.32 Å². The van der Waals surface area contributed by atoms with Gasteiger partial charge in [0.05, 0.1) is 6.61 Å². The third kappa shape index (κ3) is 6.59. The summed E-state index contributed by atoms with van der Waals surface area (Å²) in [7, 11) is 0. The van der Waals surface area contributed by atoms with Crippen molar-refractivity contribution < 1.29 is 9.53 Å². The van der Waals surface area contributed by atoms with Crippen molar-refractivity contribution in [3.63, 3.8) is 0 Å². The van der Waals surface area contributed by atoms with Crippen molar-refractivity contribution in [2.24, 2.45) is 5.92 Å². The first-order valence-corrected chi connectivity index (χ1v) is 9.36. The van der Waals surface area contributed by atoms with E-state index in [-0.39, 0.29) is 24.8 Å². The molecule has 0 spiro atoms. The van der Waals surface area contributed by atoms with Crippen LogP contribution in [0.1, 0.15) is 12.8 Å². The molecule has 136 valence electrons. The molecular formula is C15H29Cl2N3O2S. The molecule has 2 atom stereocenters. The summed E-state index contributed by atoms with van der Waals surface area (Å²) in [6, 6.07) is 0.380. The van der Waals surface area contributed by atoms with Gasteiger partial charge in [0.15, 0.2) is 0 Å². The van der Waals surface area contributed by atoms with Crippen molar-refractivity contribution >= 4 is 42.5 Å². The van der Waals surface area contributed by atoms with Gasteiger partial charge in [0.2, 0.25) is 5.91 Å². The number of piperazine rings is 1. The Bertz CT molecular complexity index is 346. The molecule has 23 heavy (non-hydrogen) atoms. The number of nitrogens with one attached hydrogen (secondary N) is 1. The van der Waals surface area contributed by atoms with E-state index in [4.69, 9.17) is 4.74 Å². The quantitative estimate of drug-likeness (QED) is 0.784. The Morgan fingerprint density at radius 2 is 2.00 bits per heavy atom. The minimum absolute atomic E-state index is 0. The normalized spacial score (nSPS) is 28.8. The molecule has 0 radical (unpaired) electrons. The van der Waals surface area contributed by atoms with E-state index < -0.39 is 0 Å². The van der Waals surface area contributed by atoms with E-state index in [2.05, 4.69) is 15.1 Å². The summed E-state index contributed by atoms with van der Waals surface area (Å²) in [5.41, 5.74) is 0. The zero-order valence-electron chi connectivity index (χ0n) is 13.6. The van der Waals surface area contributed by atoms with Crippen LogP contribution in [-0.2, 0) is 9.53 Å². The van der Waals surface area contributed by atoms with Crippen LogP contribution in [0.5, 0.6) is 0 Å². The van der Waals surface area contributed by atoms with E-state index in [1.165, 1.54) is 12.2 Å². The molecule has 3 aliphatic rings. The lowest BCUT2D eigenvalue weighted by molar-refractivity contribution is -0.133. The van der Waals surface area contributed by atoms with E-state index in [0.29, 0.717) is 24.3 Å². The van der Waals surface area contributed by atoms with Crippen LogP contribution in [0.25, 0.3) is 0 Å². The lowest BCUT2D eigenvalue weighted by atomic mass is 10.1. The fourth-order valence-corrected chi connectivity index (χ4v) is 4.31. The fourth-order valence-electron chi connectivity index (χ4n) is 3.36. The zero-order valence-corrected chi connectivity index (χ0v) is 16.0. The Morgan fingerprint density at radius 3 is 2.61 bits per heavy atom. The second-order valence-corrected chi connectivity index (χ2v) is 7.49. The van der Waals surface area contributed by atoms with Gasteiger partial charge in [0.25, 0.3) is 0 Å². The Kier molecular flexibility index (Phi) is 10.2. The monoisotopic (exact) mass is 385 g/mol. The van der Waals surface area contributed by atoms with Gasteiger partial charge < -0.3 is 15.0 Å². The molecule has 3 aliphatic heterocycles. The van der Waals surface area contributed by atoms with Gasteiger partial charge in [-0.05, 0) is 12.3 Å². The number of rotatable bonds is 4. The van der Waals surface area contributed by atoms with Crippen LogP contribution in [0, 0.1) is 5.92 Å². The van der Waals surface area contributed by atoms with Gasteiger partial charge in [-0.3, -0.25) is 9.69 Å². The molecule has 3 saturated heterocycles. The second-order valence-electron chi connectivity index (χ2n) is 6.34. The molecule has 8 heteroatoms. The van der Waals surface area contributed by atoms with E-state index in [1.54, 1.807) is 0 Å². The van der Waals surface area contributed by atoms with Gasteiger partial charge in [-0.2, -0.15) is 11.8 Å². The van der Waals surface area contributed by atoms with Gasteiger partial charge in [-0.1, -0.05) is 0 Å². The number of halogens is 2. The fraction of sp³-hybridized carbons (Fsp3) is 0.933. The maximum atomic E-state index is 12.4. The predicted molar refractivity (Wildman–Crippen MR) is 100 cm³/mol. The molecular weight excluding hydrogens is 357 g/mol. The average molecular weight is 386 g/mol. The summed E-state index contributed by atoms with van der Waals surface area (Å²) in [4.78, 5) is 16.9. The topological polar surface area (TPSA) is 44.8 Å². The van der Waals surface area contributed by atoms with Crippen LogP contribution in [0.15, 0.2) is 0 Å². The number of carbonyl (C=O) groups is 1. The number of hydrogen-bond acceptors (Lipinski definition) is 5. The van der Waals surface area contributed by atoms with E-state index in [0.717, 1.165) is 58.2 Å². The van der Waals surface area contributed by atoms with Gasteiger partial charge in [0.1, 0.15) is 0 Å². The number of hydrogen-bond donors (Lipinski definition) is 1. The number of amides is 1. The molecule has 3 fully saturated rings. The molecule has 3 rings (SSSR count). The summed E-state index contributed by atoms with van der Waals surface area (Å²) in [5.74, 6) is 3.29. The third-order valence-electron chi connectivity index (χ3n) is 4.68. The molecule has 0 aromatic carbocycles. The van der Waals surface area contributed by atoms with Crippen molar-refractivity contribution in [1.29, 1.82) is 0 Å². The molecule has 0 aromatic heterocycles. The van der Waals surface area contributed by atoms with Gasteiger partial charge in [-0.25, -0.2) is 0 Å². The van der Waals surface area contributed by atoms with Crippen LogP contribution in [0.3, 0.4) is 0 Å². The summed E-state index contributed by atoms with van der Waals surface area (Å²) in [6.45, 7) is 7.87. The average Bonchev–Trinajstić information content (AvgIpc) is 3.02. The Morgan fingerprint density at radius 1 is 1.22 bits per heavy atom. The third-order valence-corrected chi connectivity index (χ3v) is 5.82. The zero-order chi connectivity index (χ0) is 14.5. The summed E-state index contributed by atoms with van der Waals surface area (Å²) < 4.78 is 5.44. The molecule has 2 unspecified atom stereocenters. The predicted octanol–water partition coefficient (Wildman–Crippen LogP) is 1.11. The first-order valence-electron chi connectivity index (χ1n) is 8.20. The van der Waals surface area contributed by atoms with Gasteiger partial charge in [-0.15, -0.1) is 24.8 Å². The maximum Gasteiger partial charge on any atom is 0.224 e. The first-order chi connectivity index (χ1) is 10.3. The first kappa shape index (κ1) is 21.3. The molecule has 0 saturated carbocycles.